The molecule has 0 radical (unpaired) electrons. The van der Waals surface area contributed by atoms with Gasteiger partial charge in [0.2, 0.25) is 0 Å². The molecule has 2 aliphatic heterocycles. The fraction of sp³-hybridized carbons (Fsp3) is 0.667. The van der Waals surface area contributed by atoms with Crippen molar-refractivity contribution in [3.05, 3.63) is 16.8 Å². The van der Waals surface area contributed by atoms with E-state index < -0.39 is 0 Å². The summed E-state index contributed by atoms with van der Waals surface area (Å²) in [7, 11) is 4.25. The fourth-order valence-corrected chi connectivity index (χ4v) is 4.87. The van der Waals surface area contributed by atoms with Crippen LogP contribution in [0.4, 0.5) is 5.82 Å². The minimum absolute atomic E-state index is 0.323. The molecule has 25 heavy (non-hydrogen) atoms. The van der Waals surface area contributed by atoms with Gasteiger partial charge in [-0.05, 0) is 45.5 Å². The van der Waals surface area contributed by atoms with Crippen molar-refractivity contribution in [2.75, 3.05) is 51.8 Å². The first kappa shape index (κ1) is 17.1. The molecule has 0 bridgehead atoms. The maximum atomic E-state index is 5.91. The van der Waals surface area contributed by atoms with Gasteiger partial charge in [0.1, 0.15) is 17.0 Å². The van der Waals surface area contributed by atoms with Gasteiger partial charge in [-0.15, -0.1) is 11.3 Å². The fourth-order valence-electron chi connectivity index (χ4n) is 3.72. The van der Waals surface area contributed by atoms with Gasteiger partial charge in [-0.25, -0.2) is 9.97 Å². The van der Waals surface area contributed by atoms with Crippen LogP contribution in [0.15, 0.2) is 6.33 Å². The molecule has 6 nitrogen and oxygen atoms in total. The number of thiophene rings is 1. The molecule has 4 heterocycles. The van der Waals surface area contributed by atoms with E-state index in [0.717, 1.165) is 62.8 Å². The van der Waals surface area contributed by atoms with Gasteiger partial charge >= 0.3 is 0 Å². The minimum atomic E-state index is 0.323. The average Bonchev–Trinajstić information content (AvgIpc) is 3.25. The van der Waals surface area contributed by atoms with Crippen molar-refractivity contribution >= 4 is 27.4 Å². The zero-order valence-corrected chi connectivity index (χ0v) is 15.9. The van der Waals surface area contributed by atoms with Gasteiger partial charge in [0, 0.05) is 37.7 Å². The second kappa shape index (κ2) is 7.53. The van der Waals surface area contributed by atoms with Crippen molar-refractivity contribution in [2.24, 2.45) is 0 Å². The standard InChI is InChI=1S/C18H27N5OS/c1-22(2)7-8-23(11-13-4-3-9-24-13)17-16-14-5-6-19-10-15(14)25-18(16)21-12-20-17/h12-13,19H,3-11H2,1-2H3. The molecule has 7 heteroatoms. The molecular formula is C18H27N5OS. The second-order valence-electron chi connectivity index (χ2n) is 7.19. The molecule has 0 spiro atoms. The Labute approximate surface area is 153 Å². The molecular weight excluding hydrogens is 334 g/mol. The largest absolute Gasteiger partial charge is 0.376 e. The first-order chi connectivity index (χ1) is 12.2. The number of nitrogens with zero attached hydrogens (tertiary/aromatic N) is 4. The number of nitrogens with one attached hydrogen (secondary N) is 1. The molecule has 1 unspecified atom stereocenters. The van der Waals surface area contributed by atoms with Crippen LogP contribution < -0.4 is 10.2 Å². The summed E-state index contributed by atoms with van der Waals surface area (Å²) in [5.74, 6) is 1.10. The molecule has 2 aliphatic rings. The molecule has 0 aliphatic carbocycles. The van der Waals surface area contributed by atoms with Gasteiger partial charge in [0.05, 0.1) is 11.5 Å². The van der Waals surface area contributed by atoms with Crippen LogP contribution in [0.5, 0.6) is 0 Å². The Bertz CT molecular complexity index is 726. The van der Waals surface area contributed by atoms with Gasteiger partial charge in [-0.2, -0.15) is 0 Å². The lowest BCUT2D eigenvalue weighted by molar-refractivity contribution is 0.115. The zero-order valence-electron chi connectivity index (χ0n) is 15.1. The Kier molecular flexibility index (Phi) is 5.17. The highest BCUT2D eigenvalue weighted by Gasteiger charge is 2.25. The third kappa shape index (κ3) is 3.65. The lowest BCUT2D eigenvalue weighted by Gasteiger charge is -2.28. The third-order valence-electron chi connectivity index (χ3n) is 5.05. The molecule has 1 N–H and O–H groups in total. The number of hydrogen-bond acceptors (Lipinski definition) is 7. The number of hydrogen-bond donors (Lipinski definition) is 1. The Hall–Kier alpha value is -1.28. The van der Waals surface area contributed by atoms with E-state index in [9.17, 15) is 0 Å². The van der Waals surface area contributed by atoms with E-state index in [0.29, 0.717) is 6.10 Å². The molecule has 0 aromatic carbocycles. The van der Waals surface area contributed by atoms with Gasteiger partial charge in [-0.3, -0.25) is 0 Å². The first-order valence-electron chi connectivity index (χ1n) is 9.19. The minimum Gasteiger partial charge on any atom is -0.376 e. The third-order valence-corrected chi connectivity index (χ3v) is 6.19. The van der Waals surface area contributed by atoms with Crippen LogP contribution in [0.3, 0.4) is 0 Å². The van der Waals surface area contributed by atoms with Gasteiger partial charge in [0.25, 0.3) is 0 Å². The predicted octanol–water partition coefficient (Wildman–Crippen LogP) is 1.88. The van der Waals surface area contributed by atoms with E-state index in [2.05, 4.69) is 34.2 Å². The molecule has 0 amide bonds. The summed E-state index contributed by atoms with van der Waals surface area (Å²) in [6, 6.07) is 0. The highest BCUT2D eigenvalue weighted by atomic mass is 32.1. The number of ether oxygens (including phenoxy) is 1. The highest BCUT2D eigenvalue weighted by molar-refractivity contribution is 7.19. The van der Waals surface area contributed by atoms with Crippen molar-refractivity contribution in [2.45, 2.75) is 31.9 Å². The molecule has 2 aromatic rings. The van der Waals surface area contributed by atoms with Crippen molar-refractivity contribution < 1.29 is 4.74 Å². The maximum absolute atomic E-state index is 5.91. The van der Waals surface area contributed by atoms with Crippen LogP contribution in [0.2, 0.25) is 0 Å². The Morgan fingerprint density at radius 3 is 3.04 bits per heavy atom. The van der Waals surface area contributed by atoms with E-state index in [1.807, 2.05) is 11.3 Å². The average molecular weight is 362 g/mol. The summed E-state index contributed by atoms with van der Waals surface area (Å²) in [6.45, 7) is 5.78. The zero-order chi connectivity index (χ0) is 17.2. The van der Waals surface area contributed by atoms with Crippen molar-refractivity contribution in [3.8, 4) is 0 Å². The van der Waals surface area contributed by atoms with Crippen LogP contribution in [-0.2, 0) is 17.7 Å². The highest BCUT2D eigenvalue weighted by Crippen LogP contribution is 2.37. The Morgan fingerprint density at radius 1 is 1.32 bits per heavy atom. The van der Waals surface area contributed by atoms with Crippen LogP contribution >= 0.6 is 11.3 Å². The van der Waals surface area contributed by atoms with Gasteiger partial charge in [-0.1, -0.05) is 0 Å². The van der Waals surface area contributed by atoms with Crippen LogP contribution in [0.1, 0.15) is 23.3 Å². The topological polar surface area (TPSA) is 53.5 Å². The SMILES string of the molecule is CN(C)CCN(CC1CCCO1)c1ncnc2sc3c(c12)CCNC3. The number of aromatic nitrogens is 2. The van der Waals surface area contributed by atoms with E-state index in [1.165, 1.54) is 22.2 Å². The number of anilines is 1. The molecule has 2 aromatic heterocycles. The van der Waals surface area contributed by atoms with Crippen molar-refractivity contribution in [1.82, 2.24) is 20.2 Å². The van der Waals surface area contributed by atoms with Crippen molar-refractivity contribution in [1.29, 1.82) is 0 Å². The van der Waals surface area contributed by atoms with Crippen LogP contribution in [0, 0.1) is 0 Å². The quantitative estimate of drug-likeness (QED) is 0.848. The molecule has 1 atom stereocenters. The van der Waals surface area contributed by atoms with E-state index in [4.69, 9.17) is 9.72 Å². The molecule has 1 fully saturated rings. The molecule has 1 saturated heterocycles. The summed E-state index contributed by atoms with van der Waals surface area (Å²) in [5.41, 5.74) is 1.46. The van der Waals surface area contributed by atoms with E-state index >= 15 is 0 Å². The predicted molar refractivity (Wildman–Crippen MR) is 103 cm³/mol. The van der Waals surface area contributed by atoms with Crippen LogP contribution in [-0.4, -0.2) is 67.9 Å². The normalized spacial score (nSPS) is 20.4. The lowest BCUT2D eigenvalue weighted by atomic mass is 10.1. The first-order valence-corrected chi connectivity index (χ1v) is 10.0. The second-order valence-corrected chi connectivity index (χ2v) is 8.28. The summed E-state index contributed by atoms with van der Waals surface area (Å²) in [6.07, 6.45) is 5.44. The van der Waals surface area contributed by atoms with Crippen LogP contribution in [0.25, 0.3) is 10.2 Å². The monoisotopic (exact) mass is 361 g/mol. The van der Waals surface area contributed by atoms with Gasteiger partial charge < -0.3 is 19.9 Å². The Balaban J connectivity index is 1.70. The Morgan fingerprint density at radius 2 is 2.24 bits per heavy atom. The van der Waals surface area contributed by atoms with E-state index in [1.54, 1.807) is 6.33 Å². The summed E-state index contributed by atoms with van der Waals surface area (Å²) in [5, 5.41) is 4.75. The molecule has 4 rings (SSSR count). The smallest absolute Gasteiger partial charge is 0.141 e. The van der Waals surface area contributed by atoms with Crippen molar-refractivity contribution in [3.63, 3.8) is 0 Å². The number of likely N-dealkylation sites (N-methyl/N-ethyl adjacent to an activating group) is 1. The summed E-state index contributed by atoms with van der Waals surface area (Å²) in [4.78, 5) is 16.5. The summed E-state index contributed by atoms with van der Waals surface area (Å²) < 4.78 is 5.91. The van der Waals surface area contributed by atoms with E-state index in [-0.39, 0.29) is 0 Å². The number of rotatable bonds is 6. The molecule has 136 valence electrons. The summed E-state index contributed by atoms with van der Waals surface area (Å²) >= 11 is 1.82. The number of fused-ring (bicyclic) bond motifs is 3. The maximum Gasteiger partial charge on any atom is 0.141 e. The van der Waals surface area contributed by atoms with Gasteiger partial charge in [0.15, 0.2) is 0 Å². The lowest BCUT2D eigenvalue weighted by Crippen LogP contribution is -2.38. The molecule has 0 saturated carbocycles.